The third kappa shape index (κ3) is 4.29. The number of carbonyl (C=O) groups is 1. The Morgan fingerprint density at radius 2 is 1.81 bits per heavy atom. The number of amides is 1. The minimum absolute atomic E-state index is 0.0304. The van der Waals surface area contributed by atoms with E-state index in [1.807, 2.05) is 68.5 Å². The molecule has 0 atom stereocenters. The molecule has 1 aliphatic rings. The van der Waals surface area contributed by atoms with E-state index in [4.69, 9.17) is 16.3 Å². The van der Waals surface area contributed by atoms with E-state index in [1.54, 1.807) is 4.90 Å². The van der Waals surface area contributed by atoms with Crippen molar-refractivity contribution in [2.75, 3.05) is 13.2 Å². The lowest BCUT2D eigenvalue weighted by Crippen LogP contribution is -2.28. The molecule has 0 spiro atoms. The molecule has 1 fully saturated rings. The van der Waals surface area contributed by atoms with Crippen LogP contribution in [-0.4, -0.2) is 29.1 Å². The van der Waals surface area contributed by atoms with Crippen LogP contribution in [0.15, 0.2) is 58.4 Å². The van der Waals surface area contributed by atoms with Crippen molar-refractivity contribution < 1.29 is 9.53 Å². The van der Waals surface area contributed by atoms with Crippen LogP contribution in [0.5, 0.6) is 5.75 Å². The number of rotatable bonds is 5. The lowest BCUT2D eigenvalue weighted by atomic mass is 10.2. The van der Waals surface area contributed by atoms with Crippen molar-refractivity contribution in [1.82, 2.24) is 4.90 Å². The maximum atomic E-state index is 12.7. The number of thioether (sulfide) groups is 1. The summed E-state index contributed by atoms with van der Waals surface area (Å²) in [5.74, 6) is 0.777. The molecule has 1 heterocycles. The predicted molar refractivity (Wildman–Crippen MR) is 109 cm³/mol. The van der Waals surface area contributed by atoms with E-state index in [9.17, 15) is 4.79 Å². The van der Waals surface area contributed by atoms with Gasteiger partial charge in [0.2, 0.25) is 0 Å². The molecule has 0 aliphatic carbocycles. The minimum atomic E-state index is -0.0304. The molecule has 3 rings (SSSR count). The van der Waals surface area contributed by atoms with E-state index in [2.05, 4.69) is 4.99 Å². The average molecular weight is 387 g/mol. The van der Waals surface area contributed by atoms with Gasteiger partial charge in [-0.3, -0.25) is 9.69 Å². The first kappa shape index (κ1) is 18.5. The van der Waals surface area contributed by atoms with Crippen molar-refractivity contribution in [3.8, 4) is 5.75 Å². The molecule has 1 saturated heterocycles. The Kier molecular flexibility index (Phi) is 6.01. The molecule has 0 aromatic heterocycles. The van der Waals surface area contributed by atoms with E-state index in [0.717, 1.165) is 17.0 Å². The first-order chi connectivity index (χ1) is 12.6. The van der Waals surface area contributed by atoms with Gasteiger partial charge in [0.25, 0.3) is 5.91 Å². The van der Waals surface area contributed by atoms with Gasteiger partial charge in [0, 0.05) is 11.6 Å². The number of nitrogens with zero attached hydrogens (tertiary/aromatic N) is 2. The van der Waals surface area contributed by atoms with Crippen LogP contribution >= 0.6 is 23.4 Å². The molecule has 0 unspecified atom stereocenters. The molecule has 0 bridgehead atoms. The van der Waals surface area contributed by atoms with Gasteiger partial charge in [0.05, 0.1) is 17.2 Å². The Bertz CT molecular complexity index is 845. The summed E-state index contributed by atoms with van der Waals surface area (Å²) in [6, 6.07) is 14.9. The van der Waals surface area contributed by atoms with Gasteiger partial charge in [-0.05, 0) is 73.6 Å². The lowest BCUT2D eigenvalue weighted by Gasteiger charge is -2.12. The van der Waals surface area contributed by atoms with Gasteiger partial charge in [0.1, 0.15) is 5.75 Å². The van der Waals surface area contributed by atoms with Crippen LogP contribution in [0, 0.1) is 0 Å². The zero-order valence-corrected chi connectivity index (χ0v) is 16.2. The summed E-state index contributed by atoms with van der Waals surface area (Å²) in [6.45, 7) is 5.08. The topological polar surface area (TPSA) is 41.9 Å². The minimum Gasteiger partial charge on any atom is -0.494 e. The average Bonchev–Trinajstić information content (AvgIpc) is 2.93. The summed E-state index contributed by atoms with van der Waals surface area (Å²) >= 11 is 7.30. The SMILES string of the molecule is CCOc1ccc(N=C2SC(=Cc3ccc(Cl)cc3)C(=O)N2CC)cc1. The van der Waals surface area contributed by atoms with Gasteiger partial charge in [0.15, 0.2) is 5.17 Å². The number of halogens is 1. The Labute approximate surface area is 162 Å². The van der Waals surface area contributed by atoms with Gasteiger partial charge < -0.3 is 4.74 Å². The largest absolute Gasteiger partial charge is 0.494 e. The van der Waals surface area contributed by atoms with Gasteiger partial charge in [-0.15, -0.1) is 0 Å². The van der Waals surface area contributed by atoms with Crippen molar-refractivity contribution in [3.05, 3.63) is 64.0 Å². The molecule has 0 saturated carbocycles. The molecule has 26 heavy (non-hydrogen) atoms. The highest BCUT2D eigenvalue weighted by Crippen LogP contribution is 2.34. The van der Waals surface area contributed by atoms with Crippen molar-refractivity contribution in [2.45, 2.75) is 13.8 Å². The number of hydrogen-bond acceptors (Lipinski definition) is 4. The Morgan fingerprint density at radius 1 is 1.12 bits per heavy atom. The second-order valence-corrected chi connectivity index (χ2v) is 6.98. The molecule has 134 valence electrons. The van der Waals surface area contributed by atoms with Crippen molar-refractivity contribution in [3.63, 3.8) is 0 Å². The van der Waals surface area contributed by atoms with E-state index >= 15 is 0 Å². The second kappa shape index (κ2) is 8.43. The summed E-state index contributed by atoms with van der Waals surface area (Å²) in [5, 5.41) is 1.35. The Hall–Kier alpha value is -2.24. The summed E-state index contributed by atoms with van der Waals surface area (Å²) in [5.41, 5.74) is 1.72. The number of hydrogen-bond donors (Lipinski definition) is 0. The van der Waals surface area contributed by atoms with Crippen LogP contribution in [0.1, 0.15) is 19.4 Å². The summed E-state index contributed by atoms with van der Waals surface area (Å²) < 4.78 is 5.45. The number of carbonyl (C=O) groups excluding carboxylic acids is 1. The molecular weight excluding hydrogens is 368 g/mol. The maximum Gasteiger partial charge on any atom is 0.266 e. The lowest BCUT2D eigenvalue weighted by molar-refractivity contribution is -0.122. The van der Waals surface area contributed by atoms with E-state index in [-0.39, 0.29) is 5.91 Å². The third-order valence-electron chi connectivity index (χ3n) is 3.74. The fraction of sp³-hybridized carbons (Fsp3) is 0.200. The van der Waals surface area contributed by atoms with Gasteiger partial charge in [-0.1, -0.05) is 23.7 Å². The summed E-state index contributed by atoms with van der Waals surface area (Å²) in [4.78, 5) is 19.6. The molecule has 1 aliphatic heterocycles. The standard InChI is InChI=1S/C20H19ClN2O2S/c1-3-23-19(24)18(13-14-5-7-15(21)8-6-14)26-20(23)22-16-9-11-17(12-10-16)25-4-2/h5-13H,3-4H2,1-2H3. The molecular formula is C20H19ClN2O2S. The highest BCUT2D eigenvalue weighted by Gasteiger charge is 2.32. The third-order valence-corrected chi connectivity index (χ3v) is 5.00. The fourth-order valence-electron chi connectivity index (χ4n) is 2.47. The summed E-state index contributed by atoms with van der Waals surface area (Å²) in [7, 11) is 0. The molecule has 4 nitrogen and oxygen atoms in total. The number of amidine groups is 1. The van der Waals surface area contributed by atoms with Crippen LogP contribution in [-0.2, 0) is 4.79 Å². The van der Waals surface area contributed by atoms with E-state index in [0.29, 0.717) is 28.2 Å². The van der Waals surface area contributed by atoms with Crippen molar-refractivity contribution >= 4 is 46.2 Å². The van der Waals surface area contributed by atoms with Crippen LogP contribution in [0.3, 0.4) is 0 Å². The number of likely N-dealkylation sites (N-methyl/N-ethyl adjacent to an activating group) is 1. The van der Waals surface area contributed by atoms with E-state index < -0.39 is 0 Å². The van der Waals surface area contributed by atoms with Crippen LogP contribution in [0.2, 0.25) is 5.02 Å². The highest BCUT2D eigenvalue weighted by molar-refractivity contribution is 8.18. The molecule has 2 aromatic rings. The number of aliphatic imine (C=N–C) groups is 1. The van der Waals surface area contributed by atoms with Crippen molar-refractivity contribution in [2.24, 2.45) is 4.99 Å². The number of ether oxygens (including phenoxy) is 1. The smallest absolute Gasteiger partial charge is 0.266 e. The maximum absolute atomic E-state index is 12.7. The van der Waals surface area contributed by atoms with Crippen molar-refractivity contribution in [1.29, 1.82) is 0 Å². The van der Waals surface area contributed by atoms with Gasteiger partial charge in [-0.2, -0.15) is 0 Å². The predicted octanol–water partition coefficient (Wildman–Crippen LogP) is 5.36. The normalized spacial score (nSPS) is 17.3. The molecule has 1 amide bonds. The second-order valence-electron chi connectivity index (χ2n) is 5.53. The molecule has 0 N–H and O–H groups in total. The summed E-state index contributed by atoms with van der Waals surface area (Å²) in [6.07, 6.45) is 1.87. The molecule has 2 aromatic carbocycles. The zero-order valence-electron chi connectivity index (χ0n) is 14.6. The zero-order chi connectivity index (χ0) is 18.5. The highest BCUT2D eigenvalue weighted by atomic mass is 35.5. The van der Waals surface area contributed by atoms with Crippen LogP contribution in [0.25, 0.3) is 6.08 Å². The van der Waals surface area contributed by atoms with Gasteiger partial charge in [-0.25, -0.2) is 4.99 Å². The quantitative estimate of drug-likeness (QED) is 0.649. The number of benzene rings is 2. The molecule has 6 heteroatoms. The first-order valence-electron chi connectivity index (χ1n) is 8.39. The first-order valence-corrected chi connectivity index (χ1v) is 9.58. The fourth-order valence-corrected chi connectivity index (χ4v) is 3.66. The Morgan fingerprint density at radius 3 is 2.42 bits per heavy atom. The monoisotopic (exact) mass is 386 g/mol. The van der Waals surface area contributed by atoms with Gasteiger partial charge >= 0.3 is 0 Å². The van der Waals surface area contributed by atoms with Crippen LogP contribution < -0.4 is 4.74 Å². The Balaban J connectivity index is 1.85. The van der Waals surface area contributed by atoms with E-state index in [1.165, 1.54) is 11.8 Å². The molecule has 0 radical (unpaired) electrons. The van der Waals surface area contributed by atoms with Crippen LogP contribution in [0.4, 0.5) is 5.69 Å².